The number of aromatic nitrogens is 3. The first kappa shape index (κ1) is 30.1. The Balaban J connectivity index is 1.41. The van der Waals surface area contributed by atoms with Crippen LogP contribution in [0.1, 0.15) is 77.8 Å². The summed E-state index contributed by atoms with van der Waals surface area (Å²) in [5, 5.41) is 3.26. The molecule has 0 unspecified atom stereocenters. The van der Waals surface area contributed by atoms with Gasteiger partial charge in [0.15, 0.2) is 11.6 Å². The van der Waals surface area contributed by atoms with Gasteiger partial charge in [-0.2, -0.15) is 9.97 Å². The predicted octanol–water partition coefficient (Wildman–Crippen LogP) is 8.24. The van der Waals surface area contributed by atoms with Crippen LogP contribution in [0.5, 0.6) is 11.8 Å². The molecule has 1 atom stereocenters. The summed E-state index contributed by atoms with van der Waals surface area (Å²) in [5.74, 6) is 1.14. The highest BCUT2D eigenvalue weighted by molar-refractivity contribution is 9.10. The van der Waals surface area contributed by atoms with Crippen LogP contribution < -0.4 is 19.7 Å². The number of anilines is 2. The number of halogens is 3. The molecule has 0 radical (unpaired) electrons. The van der Waals surface area contributed by atoms with Gasteiger partial charge in [0.1, 0.15) is 34.4 Å². The Morgan fingerprint density at radius 3 is 2.77 bits per heavy atom. The maximum atomic E-state index is 15.8. The number of carbonyl (C=O) groups excluding carboxylic acids is 1. The molecule has 2 aromatic heterocycles. The SMILES string of the molecule is C[C@H](c1cccnc1NC(=O)OC(C)(C)C)N1CCOc2c(Cl)c(Br)c(F)c3nc(OCC45CCCC4CCC5)nc1c23. The average molecular weight is 677 g/mol. The number of carbonyl (C=O) groups is 1. The van der Waals surface area contributed by atoms with E-state index in [0.29, 0.717) is 47.4 Å². The first-order chi connectivity index (χ1) is 20.5. The summed E-state index contributed by atoms with van der Waals surface area (Å²) in [6.45, 7) is 8.51. The van der Waals surface area contributed by atoms with Crippen LogP contribution >= 0.6 is 27.5 Å². The topological polar surface area (TPSA) is 98.7 Å². The van der Waals surface area contributed by atoms with E-state index in [1.807, 2.05) is 17.9 Å². The number of pyridine rings is 1. The van der Waals surface area contributed by atoms with E-state index in [-0.39, 0.29) is 39.1 Å². The van der Waals surface area contributed by atoms with E-state index < -0.39 is 17.5 Å². The molecule has 3 aliphatic rings. The van der Waals surface area contributed by atoms with Gasteiger partial charge in [0.2, 0.25) is 0 Å². The summed E-state index contributed by atoms with van der Waals surface area (Å²) in [6, 6.07) is 3.41. The highest BCUT2D eigenvalue weighted by Gasteiger charge is 2.47. The van der Waals surface area contributed by atoms with Gasteiger partial charge in [0, 0.05) is 17.2 Å². The van der Waals surface area contributed by atoms with Crippen molar-refractivity contribution < 1.29 is 23.4 Å². The second kappa shape index (κ2) is 11.5. The fourth-order valence-corrected chi connectivity index (χ4v) is 7.53. The molecule has 1 N–H and O–H groups in total. The number of nitrogens with zero attached hydrogens (tertiary/aromatic N) is 4. The van der Waals surface area contributed by atoms with Crippen molar-refractivity contribution in [3.63, 3.8) is 0 Å². The van der Waals surface area contributed by atoms with Gasteiger partial charge in [-0.3, -0.25) is 5.32 Å². The van der Waals surface area contributed by atoms with Gasteiger partial charge in [-0.25, -0.2) is 14.2 Å². The van der Waals surface area contributed by atoms with Crippen LogP contribution in [0.25, 0.3) is 10.9 Å². The first-order valence-electron chi connectivity index (χ1n) is 14.8. The molecule has 1 aliphatic heterocycles. The number of rotatable bonds is 6. The smallest absolute Gasteiger partial charge is 0.413 e. The molecule has 2 saturated carbocycles. The Kier molecular flexibility index (Phi) is 8.08. The number of benzene rings is 1. The molecule has 2 fully saturated rings. The van der Waals surface area contributed by atoms with E-state index in [0.717, 1.165) is 12.8 Å². The van der Waals surface area contributed by atoms with Crippen molar-refractivity contribution in [1.82, 2.24) is 15.0 Å². The largest absolute Gasteiger partial charge is 0.489 e. The fourth-order valence-electron chi connectivity index (χ4n) is 6.93. The number of hydrogen-bond donors (Lipinski definition) is 1. The Morgan fingerprint density at radius 2 is 2.05 bits per heavy atom. The molecule has 12 heteroatoms. The predicted molar refractivity (Wildman–Crippen MR) is 167 cm³/mol. The van der Waals surface area contributed by atoms with Gasteiger partial charge < -0.3 is 19.1 Å². The zero-order valence-electron chi connectivity index (χ0n) is 24.8. The van der Waals surface area contributed by atoms with E-state index in [9.17, 15) is 4.79 Å². The first-order valence-corrected chi connectivity index (χ1v) is 16.0. The number of hydrogen-bond acceptors (Lipinski definition) is 8. The highest BCUT2D eigenvalue weighted by atomic mass is 79.9. The van der Waals surface area contributed by atoms with Crippen LogP contribution in [0.15, 0.2) is 22.8 Å². The zero-order chi connectivity index (χ0) is 30.5. The van der Waals surface area contributed by atoms with E-state index in [4.69, 9.17) is 30.8 Å². The summed E-state index contributed by atoms with van der Waals surface area (Å²) >= 11 is 9.89. The van der Waals surface area contributed by atoms with Gasteiger partial charge in [-0.15, -0.1) is 0 Å². The van der Waals surface area contributed by atoms with Crippen LogP contribution in [0, 0.1) is 17.2 Å². The van der Waals surface area contributed by atoms with E-state index >= 15 is 4.39 Å². The van der Waals surface area contributed by atoms with Crippen molar-refractivity contribution in [2.75, 3.05) is 30.0 Å². The third-order valence-corrected chi connectivity index (χ3v) is 10.3. The van der Waals surface area contributed by atoms with Crippen LogP contribution in [0.2, 0.25) is 5.02 Å². The monoisotopic (exact) mass is 675 g/mol. The molecule has 3 aromatic rings. The Bertz CT molecular complexity index is 1560. The summed E-state index contributed by atoms with van der Waals surface area (Å²) in [7, 11) is 0. The molecule has 9 nitrogen and oxygen atoms in total. The molecular formula is C31H36BrClFN5O4. The van der Waals surface area contributed by atoms with Crippen molar-refractivity contribution in [3.8, 4) is 11.8 Å². The summed E-state index contributed by atoms with van der Waals surface area (Å²) < 4.78 is 33.8. The minimum atomic E-state index is -0.673. The lowest BCUT2D eigenvalue weighted by molar-refractivity contribution is 0.0635. The molecule has 0 bridgehead atoms. The van der Waals surface area contributed by atoms with Gasteiger partial charge in [-0.05, 0) is 81.3 Å². The minimum absolute atomic E-state index is 0.0653. The number of nitrogens with one attached hydrogen (secondary N) is 1. The lowest BCUT2D eigenvalue weighted by Gasteiger charge is -2.31. The molecule has 1 aromatic carbocycles. The summed E-state index contributed by atoms with van der Waals surface area (Å²) in [6.07, 6.45) is 8.10. The molecular weight excluding hydrogens is 641 g/mol. The molecule has 2 aliphatic carbocycles. The molecule has 3 heterocycles. The number of amides is 1. The maximum Gasteiger partial charge on any atom is 0.413 e. The van der Waals surface area contributed by atoms with Crippen LogP contribution in [0.4, 0.5) is 20.8 Å². The van der Waals surface area contributed by atoms with E-state index in [2.05, 4.69) is 31.2 Å². The second-order valence-corrected chi connectivity index (χ2v) is 13.9. The van der Waals surface area contributed by atoms with E-state index in [1.165, 1.54) is 25.7 Å². The quantitative estimate of drug-likeness (QED) is 0.261. The number of ether oxygens (including phenoxy) is 3. The maximum absolute atomic E-state index is 15.8. The molecule has 1 amide bonds. The van der Waals surface area contributed by atoms with Crippen molar-refractivity contribution in [2.24, 2.45) is 11.3 Å². The summed E-state index contributed by atoms with van der Waals surface area (Å²) in [5.41, 5.74) is 0.238. The molecule has 43 heavy (non-hydrogen) atoms. The highest BCUT2D eigenvalue weighted by Crippen LogP contribution is 2.54. The third-order valence-electron chi connectivity index (χ3n) is 8.92. The van der Waals surface area contributed by atoms with Crippen molar-refractivity contribution in [3.05, 3.63) is 39.2 Å². The van der Waals surface area contributed by atoms with Gasteiger partial charge in [-0.1, -0.05) is 30.5 Å². The normalized spacial score (nSPS) is 22.1. The van der Waals surface area contributed by atoms with E-state index in [1.54, 1.807) is 33.0 Å². The molecule has 0 spiro atoms. The Hall–Kier alpha value is -2.92. The van der Waals surface area contributed by atoms with Crippen molar-refractivity contribution >= 4 is 56.2 Å². The standard InChI is InChI=1S/C31H36BrClFN5O4/c1-17(19-10-7-13-35-26(19)37-29(40)43-30(2,3)4)39-14-15-41-25-20-24(23(34)21(32)22(25)33)36-28(38-27(20)39)42-16-31-11-5-8-18(31)9-6-12-31/h7,10,13,17-18H,5-6,8-9,11-12,14-16H2,1-4H3,(H,35,37,40)/t17-,18?,31?/m1/s1. The minimum Gasteiger partial charge on any atom is -0.489 e. The van der Waals surface area contributed by atoms with Gasteiger partial charge >= 0.3 is 12.1 Å². The van der Waals surface area contributed by atoms with Crippen LogP contribution in [-0.4, -0.2) is 46.4 Å². The third kappa shape index (κ3) is 5.70. The fraction of sp³-hybridized carbons (Fsp3) is 0.548. The van der Waals surface area contributed by atoms with Crippen LogP contribution in [-0.2, 0) is 4.74 Å². The van der Waals surface area contributed by atoms with Crippen LogP contribution in [0.3, 0.4) is 0 Å². The van der Waals surface area contributed by atoms with Crippen molar-refractivity contribution in [1.29, 1.82) is 0 Å². The lowest BCUT2D eigenvalue weighted by atomic mass is 9.81. The molecule has 6 rings (SSSR count). The molecule has 0 saturated heterocycles. The van der Waals surface area contributed by atoms with Crippen molar-refractivity contribution in [2.45, 2.75) is 77.9 Å². The molecule has 230 valence electrons. The van der Waals surface area contributed by atoms with Gasteiger partial charge in [0.05, 0.1) is 29.1 Å². The Labute approximate surface area is 264 Å². The number of fused-ring (bicyclic) bond motifs is 1. The summed E-state index contributed by atoms with van der Waals surface area (Å²) in [4.78, 5) is 28.5. The van der Waals surface area contributed by atoms with Gasteiger partial charge in [0.25, 0.3) is 0 Å². The zero-order valence-corrected chi connectivity index (χ0v) is 27.1. The average Bonchev–Trinajstić information content (AvgIpc) is 3.48. The second-order valence-electron chi connectivity index (χ2n) is 12.7. The lowest BCUT2D eigenvalue weighted by Crippen LogP contribution is -2.33. The Morgan fingerprint density at radius 1 is 1.30 bits per heavy atom.